The van der Waals surface area contributed by atoms with Gasteiger partial charge in [0.1, 0.15) is 0 Å². The van der Waals surface area contributed by atoms with Crippen LogP contribution in [0.25, 0.3) is 0 Å². The van der Waals surface area contributed by atoms with E-state index in [0.717, 1.165) is 25.0 Å². The van der Waals surface area contributed by atoms with E-state index in [1.165, 1.54) is 49.1 Å². The molecule has 2 heterocycles. The summed E-state index contributed by atoms with van der Waals surface area (Å²) in [4.78, 5) is 29.9. The minimum atomic E-state index is -4.55. The molecule has 3 aliphatic rings. The third-order valence-electron chi connectivity index (χ3n) is 7.67. The van der Waals surface area contributed by atoms with Gasteiger partial charge < -0.3 is 16.0 Å². The summed E-state index contributed by atoms with van der Waals surface area (Å²) in [6.07, 6.45) is 3.60. The van der Waals surface area contributed by atoms with E-state index < -0.39 is 23.8 Å². The zero-order chi connectivity index (χ0) is 26.2. The third kappa shape index (κ3) is 5.17. The molecule has 9 heteroatoms. The van der Waals surface area contributed by atoms with Crippen molar-refractivity contribution in [3.05, 3.63) is 70.9 Å². The highest BCUT2D eigenvalue weighted by Crippen LogP contribution is 2.40. The molecule has 1 saturated carbocycles. The van der Waals surface area contributed by atoms with Crippen LogP contribution in [0.4, 0.5) is 29.3 Å². The lowest BCUT2D eigenvalue weighted by Crippen LogP contribution is -2.47. The maximum absolute atomic E-state index is 13.7. The lowest BCUT2D eigenvalue weighted by atomic mass is 9.86. The van der Waals surface area contributed by atoms with Crippen molar-refractivity contribution in [2.45, 2.75) is 57.2 Å². The number of alkyl halides is 3. The van der Waals surface area contributed by atoms with Crippen LogP contribution in [0.15, 0.2) is 59.8 Å². The highest BCUT2D eigenvalue weighted by atomic mass is 19.4. The summed E-state index contributed by atoms with van der Waals surface area (Å²) in [6, 6.07) is 10.3. The van der Waals surface area contributed by atoms with Gasteiger partial charge in [-0.15, -0.1) is 0 Å². The van der Waals surface area contributed by atoms with E-state index in [-0.39, 0.29) is 18.1 Å². The number of amides is 3. The normalized spacial score (nSPS) is 20.9. The molecule has 0 spiro atoms. The van der Waals surface area contributed by atoms with Crippen molar-refractivity contribution >= 4 is 23.3 Å². The van der Waals surface area contributed by atoms with Gasteiger partial charge in [0, 0.05) is 12.2 Å². The highest BCUT2D eigenvalue weighted by Gasteiger charge is 2.45. The number of hydrogen-bond acceptors (Lipinski definition) is 3. The Kier molecular flexibility index (Phi) is 6.88. The molecular weight excluding hydrogens is 481 g/mol. The Morgan fingerprint density at radius 3 is 2.43 bits per heavy atom. The van der Waals surface area contributed by atoms with Crippen molar-refractivity contribution in [2.75, 3.05) is 23.7 Å². The van der Waals surface area contributed by atoms with Gasteiger partial charge >= 0.3 is 12.2 Å². The maximum atomic E-state index is 13.7. The SMILES string of the molecule is Nc1ccc(C2NC(=O)N(c3cccc(C(F)(F)F)c3)C3=C2C(=O)N(CCCC2CCCCC2)C3)cc1. The molecule has 0 aromatic heterocycles. The van der Waals surface area contributed by atoms with Crippen molar-refractivity contribution in [3.8, 4) is 0 Å². The zero-order valence-corrected chi connectivity index (χ0v) is 20.6. The number of anilines is 2. The smallest absolute Gasteiger partial charge is 0.399 e. The lowest BCUT2D eigenvalue weighted by molar-refractivity contribution is -0.137. The summed E-state index contributed by atoms with van der Waals surface area (Å²) in [5.74, 6) is 0.485. The van der Waals surface area contributed by atoms with Gasteiger partial charge in [-0.3, -0.25) is 9.69 Å². The van der Waals surface area contributed by atoms with Crippen molar-refractivity contribution in [1.82, 2.24) is 10.2 Å². The molecule has 196 valence electrons. The number of halogens is 3. The molecule has 5 rings (SSSR count). The van der Waals surface area contributed by atoms with Crippen molar-refractivity contribution in [1.29, 1.82) is 0 Å². The molecule has 6 nitrogen and oxygen atoms in total. The summed E-state index contributed by atoms with van der Waals surface area (Å²) in [7, 11) is 0. The van der Waals surface area contributed by atoms with Gasteiger partial charge in [-0.25, -0.2) is 4.79 Å². The van der Waals surface area contributed by atoms with Gasteiger partial charge in [0.25, 0.3) is 5.91 Å². The molecule has 0 bridgehead atoms. The number of urea groups is 1. The topological polar surface area (TPSA) is 78.7 Å². The minimum absolute atomic E-state index is 0.0763. The van der Waals surface area contributed by atoms with Crippen LogP contribution in [0.2, 0.25) is 0 Å². The van der Waals surface area contributed by atoms with E-state index in [4.69, 9.17) is 5.73 Å². The number of nitrogens with one attached hydrogen (secondary N) is 1. The largest absolute Gasteiger partial charge is 0.416 e. The third-order valence-corrected chi connectivity index (χ3v) is 7.67. The first-order valence-electron chi connectivity index (χ1n) is 12.9. The van der Waals surface area contributed by atoms with E-state index in [2.05, 4.69) is 5.32 Å². The first-order valence-corrected chi connectivity index (χ1v) is 12.9. The summed E-state index contributed by atoms with van der Waals surface area (Å²) in [5.41, 5.74) is 7.10. The molecule has 1 unspecified atom stereocenters. The van der Waals surface area contributed by atoms with E-state index in [9.17, 15) is 22.8 Å². The van der Waals surface area contributed by atoms with Crippen LogP contribution < -0.4 is 16.0 Å². The number of carbonyl (C=O) groups is 2. The molecule has 37 heavy (non-hydrogen) atoms. The standard InChI is InChI=1S/C28H31F3N4O2/c29-28(30,31)20-9-4-10-22(16-20)35-23-17-34(15-5-8-18-6-2-1-3-7-18)26(36)24(23)25(33-27(35)37)19-11-13-21(32)14-12-19/h4,9-14,16,18,25H,1-3,5-8,15,17,32H2,(H,33,37). The monoisotopic (exact) mass is 512 g/mol. The zero-order valence-electron chi connectivity index (χ0n) is 20.6. The van der Waals surface area contributed by atoms with Crippen molar-refractivity contribution in [2.24, 2.45) is 5.92 Å². The van der Waals surface area contributed by atoms with Crippen LogP contribution in [0, 0.1) is 5.92 Å². The van der Waals surface area contributed by atoms with Gasteiger partial charge in [0.05, 0.1) is 35.1 Å². The summed E-state index contributed by atoms with van der Waals surface area (Å²) in [6.45, 7) is 0.718. The Labute approximate surface area is 214 Å². The molecule has 1 atom stereocenters. The second-order valence-corrected chi connectivity index (χ2v) is 10.2. The van der Waals surface area contributed by atoms with E-state index >= 15 is 0 Å². The Balaban J connectivity index is 1.45. The maximum Gasteiger partial charge on any atom is 0.416 e. The molecular formula is C28H31F3N4O2. The van der Waals surface area contributed by atoms with E-state index in [1.54, 1.807) is 29.2 Å². The molecule has 2 aromatic rings. The summed E-state index contributed by atoms with van der Waals surface area (Å²) in [5, 5.41) is 2.85. The van der Waals surface area contributed by atoms with Crippen LogP contribution in [0.1, 0.15) is 62.1 Å². The lowest BCUT2D eigenvalue weighted by Gasteiger charge is -2.34. The number of nitrogens with zero attached hydrogens (tertiary/aromatic N) is 2. The molecule has 3 N–H and O–H groups in total. The Bertz CT molecular complexity index is 1200. The number of benzene rings is 2. The Morgan fingerprint density at radius 2 is 1.73 bits per heavy atom. The fraction of sp³-hybridized carbons (Fsp3) is 0.429. The first-order chi connectivity index (χ1) is 17.7. The summed E-state index contributed by atoms with van der Waals surface area (Å²) < 4.78 is 40.3. The number of rotatable bonds is 6. The molecule has 1 fully saturated rings. The number of hydrogen-bond donors (Lipinski definition) is 2. The summed E-state index contributed by atoms with van der Waals surface area (Å²) >= 11 is 0. The van der Waals surface area contributed by atoms with Crippen molar-refractivity contribution in [3.63, 3.8) is 0 Å². The Hall–Kier alpha value is -3.49. The fourth-order valence-corrected chi connectivity index (χ4v) is 5.76. The quantitative estimate of drug-likeness (QED) is 0.465. The number of carbonyl (C=O) groups excluding carboxylic acids is 2. The van der Waals surface area contributed by atoms with Crippen molar-refractivity contribution < 1.29 is 22.8 Å². The Morgan fingerprint density at radius 1 is 1.00 bits per heavy atom. The second kappa shape index (κ2) is 10.1. The average Bonchev–Trinajstić information content (AvgIpc) is 3.20. The van der Waals surface area contributed by atoms with Crippen LogP contribution in [-0.2, 0) is 11.0 Å². The second-order valence-electron chi connectivity index (χ2n) is 10.2. The van der Waals surface area contributed by atoms with Crippen LogP contribution >= 0.6 is 0 Å². The van der Waals surface area contributed by atoms with E-state index in [0.29, 0.717) is 35.0 Å². The first kappa shape index (κ1) is 25.2. The van der Waals surface area contributed by atoms with Gasteiger partial charge in [0.2, 0.25) is 0 Å². The van der Waals surface area contributed by atoms with Gasteiger partial charge in [-0.2, -0.15) is 13.2 Å². The van der Waals surface area contributed by atoms with Crippen LogP contribution in [0.5, 0.6) is 0 Å². The molecule has 0 saturated heterocycles. The van der Waals surface area contributed by atoms with Gasteiger partial charge in [-0.1, -0.05) is 50.3 Å². The van der Waals surface area contributed by atoms with E-state index in [1.807, 2.05) is 0 Å². The average molecular weight is 513 g/mol. The predicted octanol–water partition coefficient (Wildman–Crippen LogP) is 6.02. The number of nitrogens with two attached hydrogens (primary N) is 1. The van der Waals surface area contributed by atoms with Gasteiger partial charge in [-0.05, 0) is 54.7 Å². The van der Waals surface area contributed by atoms with Crippen LogP contribution in [0.3, 0.4) is 0 Å². The number of nitrogen functional groups attached to an aromatic ring is 1. The molecule has 1 aliphatic carbocycles. The fourth-order valence-electron chi connectivity index (χ4n) is 5.76. The predicted molar refractivity (Wildman–Crippen MR) is 135 cm³/mol. The van der Waals surface area contributed by atoms with Crippen LogP contribution in [-0.4, -0.2) is 29.9 Å². The van der Waals surface area contributed by atoms with Gasteiger partial charge in [0.15, 0.2) is 0 Å². The molecule has 2 aliphatic heterocycles. The highest BCUT2D eigenvalue weighted by molar-refractivity contribution is 6.07. The molecule has 3 amide bonds. The molecule has 2 aromatic carbocycles. The minimum Gasteiger partial charge on any atom is -0.399 e. The molecule has 0 radical (unpaired) electrons.